The molecule has 0 amide bonds. The molecule has 10 nitrogen and oxygen atoms in total. The van der Waals surface area contributed by atoms with Gasteiger partial charge in [-0.1, -0.05) is 18.8 Å². The van der Waals surface area contributed by atoms with Gasteiger partial charge in [-0.25, -0.2) is 15.1 Å². The Balaban J connectivity index is 1.36. The Morgan fingerprint density at radius 1 is 1.23 bits per heavy atom. The van der Waals surface area contributed by atoms with Crippen molar-refractivity contribution in [2.75, 3.05) is 6.61 Å². The molecule has 3 N–H and O–H groups in total. The predicted molar refractivity (Wildman–Crippen MR) is 127 cm³/mol. The minimum Gasteiger partial charge on any atom is -0.393 e. The van der Waals surface area contributed by atoms with E-state index in [-0.39, 0.29) is 24.2 Å². The zero-order valence-electron chi connectivity index (χ0n) is 19.5. The smallest absolute Gasteiger partial charge is 0.333 e. The van der Waals surface area contributed by atoms with Crippen LogP contribution in [0.2, 0.25) is 0 Å². The summed E-state index contributed by atoms with van der Waals surface area (Å²) in [5, 5.41) is 19.6. The van der Waals surface area contributed by atoms with Crippen LogP contribution in [0.25, 0.3) is 0 Å². The van der Waals surface area contributed by atoms with Crippen molar-refractivity contribution in [2.45, 2.75) is 64.0 Å². The first kappa shape index (κ1) is 25.4. The van der Waals surface area contributed by atoms with Gasteiger partial charge in [0, 0.05) is 24.7 Å². The van der Waals surface area contributed by atoms with Gasteiger partial charge in [-0.3, -0.25) is 13.7 Å². The molecule has 2 aromatic rings. The number of aliphatic hydroxyl groups is 1. The van der Waals surface area contributed by atoms with Gasteiger partial charge in [0.05, 0.1) is 24.0 Å². The first-order valence-corrected chi connectivity index (χ1v) is 13.4. The third-order valence-electron chi connectivity index (χ3n) is 6.83. The fraction of sp³-hybridized carbons (Fsp3) is 0.583. The summed E-state index contributed by atoms with van der Waals surface area (Å²) in [4.78, 5) is 21.5. The lowest BCUT2D eigenvalue weighted by Crippen LogP contribution is -2.24. The van der Waals surface area contributed by atoms with E-state index in [1.165, 1.54) is 38.2 Å². The molecule has 0 aliphatic heterocycles. The molecule has 2 saturated carbocycles. The highest BCUT2D eigenvalue weighted by atomic mass is 32.2. The van der Waals surface area contributed by atoms with Crippen molar-refractivity contribution in [3.63, 3.8) is 0 Å². The lowest BCUT2D eigenvalue weighted by Gasteiger charge is -2.13. The van der Waals surface area contributed by atoms with Gasteiger partial charge >= 0.3 is 10.3 Å². The zero-order valence-corrected chi connectivity index (χ0v) is 20.4. The molecule has 2 aromatic heterocycles. The van der Waals surface area contributed by atoms with Crippen LogP contribution in [0.15, 0.2) is 24.8 Å². The molecule has 35 heavy (non-hydrogen) atoms. The third-order valence-corrected chi connectivity index (χ3v) is 7.29. The van der Waals surface area contributed by atoms with Gasteiger partial charge in [-0.05, 0) is 50.0 Å². The molecule has 0 radical (unpaired) electrons. The van der Waals surface area contributed by atoms with Crippen LogP contribution in [0.4, 0.5) is 0 Å². The quantitative estimate of drug-likeness (QED) is 0.389. The summed E-state index contributed by atoms with van der Waals surface area (Å²) in [5.74, 6) is 6.47. The van der Waals surface area contributed by atoms with Crippen LogP contribution in [0, 0.1) is 29.6 Å². The van der Waals surface area contributed by atoms with Crippen molar-refractivity contribution >= 4 is 16.1 Å². The fourth-order valence-electron chi connectivity index (χ4n) is 5.00. The highest BCUT2D eigenvalue weighted by Gasteiger charge is 2.35. The molecular formula is C24H31N5O5S. The van der Waals surface area contributed by atoms with Gasteiger partial charge in [0.25, 0.3) is 0 Å². The summed E-state index contributed by atoms with van der Waals surface area (Å²) in [7, 11) is -4.06. The summed E-state index contributed by atoms with van der Waals surface area (Å²) < 4.78 is 28.4. The number of rotatable bonds is 9. The lowest BCUT2D eigenvalue weighted by molar-refractivity contribution is 0.100. The Kier molecular flexibility index (Phi) is 8.28. The first-order chi connectivity index (χ1) is 16.8. The Labute approximate surface area is 205 Å². The molecule has 2 aliphatic rings. The maximum atomic E-state index is 13.2. The van der Waals surface area contributed by atoms with Crippen molar-refractivity contribution in [3.05, 3.63) is 41.7 Å². The largest absolute Gasteiger partial charge is 0.393 e. The van der Waals surface area contributed by atoms with Gasteiger partial charge in [0.2, 0.25) is 5.78 Å². The van der Waals surface area contributed by atoms with Crippen LogP contribution >= 0.6 is 0 Å². The highest BCUT2D eigenvalue weighted by Crippen LogP contribution is 2.34. The Hall–Kier alpha value is -2.65. The Bertz CT molecular complexity index is 1200. The SMILES string of the molecule is NS(=O)(=O)OC[C@H]1C[C@@H](Cc2ncncc2C(=O)c2ccn(CC#CCC3CCCC3)n2)C[C@@H]1O. The predicted octanol–water partition coefficient (Wildman–Crippen LogP) is 1.64. The van der Waals surface area contributed by atoms with E-state index >= 15 is 0 Å². The van der Waals surface area contributed by atoms with Crippen LogP contribution in [-0.4, -0.2) is 51.8 Å². The Morgan fingerprint density at radius 2 is 2.03 bits per heavy atom. The van der Waals surface area contributed by atoms with E-state index in [1.807, 2.05) is 0 Å². The van der Waals surface area contributed by atoms with Gasteiger partial charge in [-0.15, -0.1) is 5.92 Å². The van der Waals surface area contributed by atoms with Crippen molar-refractivity contribution in [1.29, 1.82) is 0 Å². The van der Waals surface area contributed by atoms with Gasteiger partial charge in [0.1, 0.15) is 18.6 Å². The lowest BCUT2D eigenvalue weighted by atomic mass is 9.96. The first-order valence-electron chi connectivity index (χ1n) is 12.0. The molecular weight excluding hydrogens is 470 g/mol. The molecule has 4 rings (SSSR count). The van der Waals surface area contributed by atoms with Crippen molar-refractivity contribution in [2.24, 2.45) is 22.9 Å². The molecule has 0 spiro atoms. The third kappa shape index (κ3) is 7.18. The van der Waals surface area contributed by atoms with Crippen LogP contribution in [0.5, 0.6) is 0 Å². The van der Waals surface area contributed by atoms with Gasteiger partial charge in [-0.2, -0.15) is 13.5 Å². The summed E-state index contributed by atoms with van der Waals surface area (Å²) in [6.07, 6.45) is 11.4. The second-order valence-corrected chi connectivity index (χ2v) is 10.7. The second-order valence-electron chi connectivity index (χ2n) is 9.47. The molecule has 0 unspecified atom stereocenters. The van der Waals surface area contributed by atoms with E-state index in [4.69, 9.17) is 5.14 Å². The van der Waals surface area contributed by atoms with Crippen LogP contribution in [0.1, 0.15) is 66.7 Å². The van der Waals surface area contributed by atoms with E-state index in [0.29, 0.717) is 48.7 Å². The number of aromatic nitrogens is 4. The average Bonchev–Trinajstić information content (AvgIpc) is 3.57. The summed E-state index contributed by atoms with van der Waals surface area (Å²) in [5.41, 5.74) is 1.23. The van der Waals surface area contributed by atoms with Crippen molar-refractivity contribution < 1.29 is 22.5 Å². The minimum atomic E-state index is -4.06. The number of carbonyl (C=O) groups is 1. The number of ketones is 1. The van der Waals surface area contributed by atoms with E-state index in [9.17, 15) is 18.3 Å². The molecule has 2 heterocycles. The van der Waals surface area contributed by atoms with Gasteiger partial charge in [0.15, 0.2) is 0 Å². The van der Waals surface area contributed by atoms with E-state index < -0.39 is 16.4 Å². The van der Waals surface area contributed by atoms with Gasteiger partial charge < -0.3 is 5.11 Å². The summed E-state index contributed by atoms with van der Waals surface area (Å²) in [6, 6.07) is 1.66. The van der Waals surface area contributed by atoms with E-state index in [2.05, 4.69) is 31.1 Å². The normalized spacial score (nSPS) is 22.7. The summed E-state index contributed by atoms with van der Waals surface area (Å²) in [6.45, 7) is 0.257. The molecule has 2 aliphatic carbocycles. The molecule has 188 valence electrons. The average molecular weight is 502 g/mol. The number of nitrogens with two attached hydrogens (primary N) is 1. The molecule has 3 atom stereocenters. The zero-order chi connectivity index (χ0) is 24.8. The van der Waals surface area contributed by atoms with Crippen molar-refractivity contribution in [3.8, 4) is 11.8 Å². The number of nitrogens with zero attached hydrogens (tertiary/aromatic N) is 4. The monoisotopic (exact) mass is 501 g/mol. The topological polar surface area (TPSA) is 150 Å². The minimum absolute atomic E-state index is 0.00762. The maximum Gasteiger partial charge on any atom is 0.333 e. The van der Waals surface area contributed by atoms with Crippen LogP contribution in [-0.2, 0) is 27.5 Å². The molecule has 2 fully saturated rings. The number of carbonyl (C=O) groups excluding carboxylic acids is 1. The number of hydrogen-bond donors (Lipinski definition) is 2. The molecule has 11 heteroatoms. The number of aliphatic hydroxyl groups excluding tert-OH is 1. The molecule has 0 bridgehead atoms. The maximum absolute atomic E-state index is 13.2. The summed E-state index contributed by atoms with van der Waals surface area (Å²) >= 11 is 0. The number of hydrogen-bond acceptors (Lipinski definition) is 8. The standard InChI is InChI=1S/C24H31N5O5S/c25-35(32,33)34-15-19-11-18(13-23(19)30)12-22-20(14-26-16-27-22)24(31)21-8-10-29(28-21)9-4-3-7-17-5-1-2-6-17/h8,10,14,16-19,23,30H,1-2,5-7,9,11-13,15H2,(H2,25,32,33)/t18-,19+,23-/m0/s1. The molecule has 0 saturated heterocycles. The highest BCUT2D eigenvalue weighted by molar-refractivity contribution is 7.84. The van der Waals surface area contributed by atoms with Crippen LogP contribution < -0.4 is 5.14 Å². The van der Waals surface area contributed by atoms with E-state index in [0.717, 1.165) is 6.42 Å². The van der Waals surface area contributed by atoms with E-state index in [1.54, 1.807) is 16.9 Å². The van der Waals surface area contributed by atoms with Crippen molar-refractivity contribution in [1.82, 2.24) is 19.7 Å². The Morgan fingerprint density at radius 3 is 2.80 bits per heavy atom. The molecule has 0 aromatic carbocycles. The fourth-order valence-corrected chi connectivity index (χ4v) is 5.37. The van der Waals surface area contributed by atoms with Crippen LogP contribution in [0.3, 0.4) is 0 Å². The second kappa shape index (κ2) is 11.4.